The van der Waals surface area contributed by atoms with Crippen molar-refractivity contribution in [2.75, 3.05) is 0 Å². The molecule has 0 saturated carbocycles. The average molecular weight is 821 g/mol. The third-order valence-corrected chi connectivity index (χ3v) is 12.0. The van der Waals surface area contributed by atoms with E-state index in [9.17, 15) is 0 Å². The van der Waals surface area contributed by atoms with Crippen LogP contribution in [0.5, 0.6) is 0 Å². The summed E-state index contributed by atoms with van der Waals surface area (Å²) in [4.78, 5) is 4.80. The van der Waals surface area contributed by atoms with E-state index in [0.717, 1.165) is 29.0 Å². The Morgan fingerprint density at radius 2 is 1.17 bits per heavy atom. The third kappa shape index (κ3) is 9.42. The number of fused-ring (bicyclic) bond motifs is 3. The van der Waals surface area contributed by atoms with Crippen LogP contribution in [0.4, 0.5) is 0 Å². The Hall–Kier alpha value is -7.03. The van der Waals surface area contributed by atoms with Crippen molar-refractivity contribution in [2.45, 2.75) is 61.8 Å². The van der Waals surface area contributed by atoms with Gasteiger partial charge < -0.3 is 4.57 Å². The SMILES string of the molecule is C=C(C)N=C(c1ccccc1)c1cccc(C)c1-c1ccccc1C.C=CC.CC1=C(c2ccccc2C)CC(C)C(c2cc3c(cc2C)c2ccccc2n3-c2ccccc2)=C1. The van der Waals surface area contributed by atoms with Crippen molar-refractivity contribution in [1.29, 1.82) is 0 Å². The van der Waals surface area contributed by atoms with Gasteiger partial charge in [0.15, 0.2) is 0 Å². The van der Waals surface area contributed by atoms with Crippen molar-refractivity contribution in [3.8, 4) is 16.8 Å². The summed E-state index contributed by atoms with van der Waals surface area (Å²) in [5.74, 6) is 0.457. The molecule has 0 fully saturated rings. The first-order valence-electron chi connectivity index (χ1n) is 22.1. The molecule has 63 heavy (non-hydrogen) atoms. The molecule has 1 unspecified atom stereocenters. The second-order valence-corrected chi connectivity index (χ2v) is 16.8. The largest absolute Gasteiger partial charge is 0.309 e. The standard InChI is InChI=1S/C34H31N.C24H23N.C3H6/c1-22-12-8-9-15-27(22)29-18-24(3)30(19-23(29)2)31-21-34-32(20-25(31)4)28-16-10-11-17-33(28)35(34)26-13-6-5-7-14-26;1-17(2)25-24(20-13-6-5-7-14-20)22-16-10-12-19(4)23(22)21-15-9-8-11-18(21)3;1-3-2/h5-17,19-21,24H,18H2,1-4H3;5-16H,1H2,2-4H3;3H,1H2,2H3. The molecule has 0 spiro atoms. The molecule has 0 aliphatic heterocycles. The van der Waals surface area contributed by atoms with Crippen molar-refractivity contribution in [2.24, 2.45) is 10.9 Å². The van der Waals surface area contributed by atoms with E-state index in [0.29, 0.717) is 5.92 Å². The van der Waals surface area contributed by atoms with Gasteiger partial charge in [-0.25, -0.2) is 0 Å². The van der Waals surface area contributed by atoms with Crippen LogP contribution in [-0.4, -0.2) is 10.3 Å². The quantitative estimate of drug-likeness (QED) is 0.113. The zero-order chi connectivity index (χ0) is 44.6. The second kappa shape index (κ2) is 19.8. The number of benzene rings is 7. The molecule has 0 saturated heterocycles. The molecule has 1 heterocycles. The van der Waals surface area contributed by atoms with Gasteiger partial charge in [-0.1, -0.05) is 159 Å². The summed E-state index contributed by atoms with van der Waals surface area (Å²) in [6.07, 6.45) is 5.27. The van der Waals surface area contributed by atoms with Gasteiger partial charge in [-0.15, -0.1) is 6.58 Å². The average Bonchev–Trinajstić information content (AvgIpc) is 3.60. The molecule has 1 aliphatic carbocycles. The van der Waals surface area contributed by atoms with E-state index in [-0.39, 0.29) is 0 Å². The van der Waals surface area contributed by atoms with Crippen molar-refractivity contribution >= 4 is 38.7 Å². The summed E-state index contributed by atoms with van der Waals surface area (Å²) in [5, 5.41) is 2.63. The zero-order valence-electron chi connectivity index (χ0n) is 38.3. The van der Waals surface area contributed by atoms with Crippen LogP contribution in [0.15, 0.2) is 205 Å². The molecule has 0 radical (unpaired) electrons. The normalized spacial score (nSPS) is 13.7. The number of para-hydroxylation sites is 2. The molecule has 9 rings (SSSR count). The van der Waals surface area contributed by atoms with E-state index in [1.165, 1.54) is 88.7 Å². The second-order valence-electron chi connectivity index (χ2n) is 16.8. The fourth-order valence-corrected chi connectivity index (χ4v) is 9.05. The summed E-state index contributed by atoms with van der Waals surface area (Å²) < 4.78 is 2.42. The van der Waals surface area contributed by atoms with Crippen LogP contribution in [0.3, 0.4) is 0 Å². The number of aryl methyl sites for hydroxylation is 4. The van der Waals surface area contributed by atoms with Gasteiger partial charge in [0, 0.05) is 33.3 Å². The molecule has 2 nitrogen and oxygen atoms in total. The lowest BCUT2D eigenvalue weighted by molar-refractivity contribution is 0.764. The van der Waals surface area contributed by atoms with Gasteiger partial charge >= 0.3 is 0 Å². The minimum atomic E-state index is 0.457. The molecular weight excluding hydrogens is 761 g/mol. The first-order chi connectivity index (χ1) is 30.5. The summed E-state index contributed by atoms with van der Waals surface area (Å²) in [7, 11) is 0. The molecule has 1 aromatic heterocycles. The summed E-state index contributed by atoms with van der Waals surface area (Å²) in [6.45, 7) is 24.7. The minimum absolute atomic E-state index is 0.457. The molecule has 7 aromatic carbocycles. The fourth-order valence-electron chi connectivity index (χ4n) is 9.05. The highest BCUT2D eigenvalue weighted by molar-refractivity contribution is 6.17. The van der Waals surface area contributed by atoms with Gasteiger partial charge in [-0.3, -0.25) is 4.99 Å². The number of aromatic nitrogens is 1. The number of aliphatic imine (C=N–C) groups is 1. The predicted molar refractivity (Wildman–Crippen MR) is 275 cm³/mol. The number of hydrogen-bond donors (Lipinski definition) is 0. The van der Waals surface area contributed by atoms with Crippen molar-refractivity contribution < 1.29 is 0 Å². The van der Waals surface area contributed by atoms with E-state index in [2.05, 4.69) is 211 Å². The van der Waals surface area contributed by atoms with E-state index in [1.54, 1.807) is 6.08 Å². The summed E-state index contributed by atoms with van der Waals surface area (Å²) >= 11 is 0. The van der Waals surface area contributed by atoms with Gasteiger partial charge in [0.25, 0.3) is 0 Å². The van der Waals surface area contributed by atoms with Crippen LogP contribution in [0.1, 0.15) is 78.6 Å². The topological polar surface area (TPSA) is 17.3 Å². The molecule has 2 heteroatoms. The number of hydrogen-bond acceptors (Lipinski definition) is 1. The Morgan fingerprint density at radius 3 is 1.83 bits per heavy atom. The molecule has 314 valence electrons. The predicted octanol–water partition coefficient (Wildman–Crippen LogP) is 16.8. The Labute approximate surface area is 376 Å². The lowest BCUT2D eigenvalue weighted by atomic mass is 9.78. The number of allylic oxidation sites excluding steroid dienone is 6. The molecular formula is C61H60N2. The van der Waals surface area contributed by atoms with Crippen LogP contribution in [-0.2, 0) is 0 Å². The molecule has 0 N–H and O–H groups in total. The maximum absolute atomic E-state index is 4.80. The van der Waals surface area contributed by atoms with Crippen LogP contribution >= 0.6 is 0 Å². The summed E-state index contributed by atoms with van der Waals surface area (Å²) in [5.41, 5.74) is 22.5. The highest BCUT2D eigenvalue weighted by Gasteiger charge is 2.24. The van der Waals surface area contributed by atoms with Crippen LogP contribution in [0.25, 0.3) is 49.8 Å². The highest BCUT2D eigenvalue weighted by atomic mass is 15.0. The minimum Gasteiger partial charge on any atom is -0.309 e. The van der Waals surface area contributed by atoms with E-state index in [4.69, 9.17) is 4.99 Å². The number of rotatable bonds is 7. The first-order valence-corrected chi connectivity index (χ1v) is 22.1. The zero-order valence-corrected chi connectivity index (χ0v) is 38.3. The Kier molecular flexibility index (Phi) is 13.8. The van der Waals surface area contributed by atoms with Gasteiger partial charge in [0.05, 0.1) is 16.7 Å². The lowest BCUT2D eigenvalue weighted by Gasteiger charge is -2.27. The number of nitrogens with zero attached hydrogens (tertiary/aromatic N) is 2. The monoisotopic (exact) mass is 820 g/mol. The third-order valence-electron chi connectivity index (χ3n) is 12.0. The highest BCUT2D eigenvalue weighted by Crippen LogP contribution is 2.43. The Balaban J connectivity index is 0.000000187. The molecule has 1 aliphatic rings. The van der Waals surface area contributed by atoms with Gasteiger partial charge in [0.2, 0.25) is 0 Å². The van der Waals surface area contributed by atoms with Gasteiger partial charge in [0.1, 0.15) is 0 Å². The smallest absolute Gasteiger partial charge is 0.0783 e. The summed E-state index contributed by atoms with van der Waals surface area (Å²) in [6, 6.07) is 58.4. The molecule has 0 amide bonds. The van der Waals surface area contributed by atoms with E-state index < -0.39 is 0 Å². The van der Waals surface area contributed by atoms with Gasteiger partial charge in [-0.05, 0) is 152 Å². The van der Waals surface area contributed by atoms with Crippen LogP contribution < -0.4 is 0 Å². The van der Waals surface area contributed by atoms with Gasteiger partial charge in [-0.2, -0.15) is 0 Å². The first kappa shape index (κ1) is 44.0. The maximum Gasteiger partial charge on any atom is 0.0783 e. The van der Waals surface area contributed by atoms with Crippen LogP contribution in [0.2, 0.25) is 0 Å². The van der Waals surface area contributed by atoms with Crippen molar-refractivity contribution in [3.05, 3.63) is 245 Å². The van der Waals surface area contributed by atoms with Crippen molar-refractivity contribution in [3.63, 3.8) is 0 Å². The molecule has 0 bridgehead atoms. The Bertz CT molecular complexity index is 3020. The van der Waals surface area contributed by atoms with Crippen LogP contribution in [0, 0.1) is 33.6 Å². The molecule has 8 aromatic rings. The van der Waals surface area contributed by atoms with E-state index in [1.807, 2.05) is 32.0 Å². The fraction of sp³-hybridized carbons (Fsp3) is 0.164. The maximum atomic E-state index is 4.80. The van der Waals surface area contributed by atoms with E-state index >= 15 is 0 Å². The molecule has 1 atom stereocenters. The van der Waals surface area contributed by atoms with Crippen molar-refractivity contribution in [1.82, 2.24) is 4.57 Å². The Morgan fingerprint density at radius 1 is 0.603 bits per heavy atom. The lowest BCUT2D eigenvalue weighted by Crippen LogP contribution is -2.09.